The minimum absolute atomic E-state index is 0.0530. The number of rotatable bonds is 6. The summed E-state index contributed by atoms with van der Waals surface area (Å²) in [4.78, 5) is 37.5. The summed E-state index contributed by atoms with van der Waals surface area (Å²) in [6, 6.07) is 15.3. The molecule has 2 aliphatic rings. The lowest BCUT2D eigenvalue weighted by Crippen LogP contribution is -2.53. The maximum Gasteiger partial charge on any atom is 0.254 e. The van der Waals surface area contributed by atoms with Crippen LogP contribution >= 0.6 is 0 Å². The maximum absolute atomic E-state index is 14.2. The van der Waals surface area contributed by atoms with Gasteiger partial charge in [0, 0.05) is 68.1 Å². The van der Waals surface area contributed by atoms with Gasteiger partial charge in [0.1, 0.15) is 0 Å². The number of likely N-dealkylation sites (N-methyl/N-ethyl adjacent to an activating group) is 1. The Balaban J connectivity index is 1.63. The molecule has 2 aliphatic heterocycles. The number of benzene rings is 2. The summed E-state index contributed by atoms with van der Waals surface area (Å²) in [5, 5.41) is 1.04. The molecule has 2 aromatic carbocycles. The normalized spacial score (nSPS) is 21.2. The number of hydrogen-bond acceptors (Lipinski definition) is 4. The summed E-state index contributed by atoms with van der Waals surface area (Å²) in [6.45, 7) is 7.13. The van der Waals surface area contributed by atoms with Crippen molar-refractivity contribution in [1.82, 2.24) is 19.7 Å². The number of ether oxygens (including phenoxy) is 1. The van der Waals surface area contributed by atoms with Gasteiger partial charge in [-0.1, -0.05) is 43.3 Å². The van der Waals surface area contributed by atoms with Gasteiger partial charge in [-0.25, -0.2) is 0 Å². The highest BCUT2D eigenvalue weighted by Crippen LogP contribution is 2.45. The van der Waals surface area contributed by atoms with Crippen molar-refractivity contribution in [3.63, 3.8) is 0 Å². The summed E-state index contributed by atoms with van der Waals surface area (Å²) < 4.78 is 5.37. The van der Waals surface area contributed by atoms with E-state index in [2.05, 4.69) is 22.9 Å². The fourth-order valence-corrected chi connectivity index (χ4v) is 5.46. The number of carbonyl (C=O) groups excluding carboxylic acids is 2. The first-order valence-electron chi connectivity index (χ1n) is 12.1. The van der Waals surface area contributed by atoms with Gasteiger partial charge in [0.15, 0.2) is 0 Å². The van der Waals surface area contributed by atoms with Crippen molar-refractivity contribution in [1.29, 1.82) is 0 Å². The van der Waals surface area contributed by atoms with Crippen molar-refractivity contribution in [2.75, 3.05) is 53.0 Å². The fourth-order valence-electron chi connectivity index (χ4n) is 5.46. The number of H-pyrrole nitrogens is 1. The lowest BCUT2D eigenvalue weighted by Gasteiger charge is -2.44. The molecule has 1 N–H and O–H groups in total. The van der Waals surface area contributed by atoms with Crippen LogP contribution in [0.5, 0.6) is 0 Å². The smallest absolute Gasteiger partial charge is 0.254 e. The molecule has 1 saturated heterocycles. The molecule has 0 saturated carbocycles. The molecule has 2 unspecified atom stereocenters. The first kappa shape index (κ1) is 22.6. The predicted molar refractivity (Wildman–Crippen MR) is 132 cm³/mol. The van der Waals surface area contributed by atoms with E-state index in [-0.39, 0.29) is 11.8 Å². The zero-order chi connectivity index (χ0) is 23.7. The van der Waals surface area contributed by atoms with Gasteiger partial charge >= 0.3 is 0 Å². The van der Waals surface area contributed by atoms with Crippen LogP contribution in [0.2, 0.25) is 0 Å². The first-order chi connectivity index (χ1) is 16.6. The summed E-state index contributed by atoms with van der Waals surface area (Å²) in [5.74, 6) is -0.436. The molecule has 3 heterocycles. The van der Waals surface area contributed by atoms with E-state index in [1.54, 1.807) is 7.11 Å². The van der Waals surface area contributed by atoms with Crippen LogP contribution in [-0.2, 0) is 9.53 Å². The van der Waals surface area contributed by atoms with Crippen LogP contribution < -0.4 is 0 Å². The molecule has 0 spiro atoms. The van der Waals surface area contributed by atoms with E-state index in [4.69, 9.17) is 4.74 Å². The van der Waals surface area contributed by atoms with Gasteiger partial charge in [0.05, 0.1) is 18.6 Å². The van der Waals surface area contributed by atoms with Gasteiger partial charge in [-0.2, -0.15) is 0 Å². The average molecular weight is 461 g/mol. The molecule has 0 aliphatic carbocycles. The molecular weight excluding hydrogens is 428 g/mol. The highest BCUT2D eigenvalue weighted by atomic mass is 16.5. The van der Waals surface area contributed by atoms with Gasteiger partial charge < -0.3 is 24.4 Å². The van der Waals surface area contributed by atoms with Crippen molar-refractivity contribution >= 4 is 22.7 Å². The Bertz CT molecular complexity index is 1180. The average Bonchev–Trinajstić information content (AvgIpc) is 3.31. The van der Waals surface area contributed by atoms with Crippen LogP contribution in [0.1, 0.15) is 40.4 Å². The standard InChI is InChI=1S/C27H32N4O3/c1-3-29-12-14-30(15-13-29)27(33)24-20-9-4-5-10-21(20)26(32)31(16-17-34-2)25(24)22-18-28-23-11-7-6-8-19(22)23/h4-11,18,24-25,28H,3,12-17H2,1-2H3. The van der Waals surface area contributed by atoms with E-state index in [0.29, 0.717) is 31.8 Å². The van der Waals surface area contributed by atoms with E-state index >= 15 is 0 Å². The quantitative estimate of drug-likeness (QED) is 0.613. The Kier molecular flexibility index (Phi) is 6.39. The largest absolute Gasteiger partial charge is 0.383 e. The number of hydrogen-bond donors (Lipinski definition) is 1. The van der Waals surface area contributed by atoms with E-state index in [9.17, 15) is 9.59 Å². The number of methoxy groups -OCH3 is 1. The SMILES string of the molecule is CCN1CCN(C(=O)C2c3ccccc3C(=O)N(CCOC)C2c2c[nH]c3ccccc23)CC1. The van der Waals surface area contributed by atoms with Gasteiger partial charge in [-0.3, -0.25) is 9.59 Å². The second-order valence-corrected chi connectivity index (χ2v) is 9.05. The zero-order valence-electron chi connectivity index (χ0n) is 19.9. The number of nitrogens with one attached hydrogen (secondary N) is 1. The summed E-state index contributed by atoms with van der Waals surface area (Å²) in [5.41, 5.74) is 3.40. The first-order valence-corrected chi connectivity index (χ1v) is 12.1. The Hall–Kier alpha value is -3.16. The molecule has 1 aromatic heterocycles. The second-order valence-electron chi connectivity index (χ2n) is 9.05. The van der Waals surface area contributed by atoms with E-state index in [1.165, 1.54) is 0 Å². The molecule has 0 radical (unpaired) electrons. The number of aromatic amines is 1. The lowest BCUT2D eigenvalue weighted by atomic mass is 9.78. The Labute approximate surface area is 200 Å². The van der Waals surface area contributed by atoms with Crippen LogP contribution in [0, 0.1) is 0 Å². The number of para-hydroxylation sites is 1. The zero-order valence-corrected chi connectivity index (χ0v) is 19.9. The molecule has 34 heavy (non-hydrogen) atoms. The predicted octanol–water partition coefficient (Wildman–Crippen LogP) is 3.26. The lowest BCUT2D eigenvalue weighted by molar-refractivity contribution is -0.136. The van der Waals surface area contributed by atoms with Crippen LogP contribution in [0.3, 0.4) is 0 Å². The van der Waals surface area contributed by atoms with E-state index < -0.39 is 12.0 Å². The van der Waals surface area contributed by atoms with Gasteiger partial charge in [0.25, 0.3) is 5.91 Å². The molecule has 1 fully saturated rings. The van der Waals surface area contributed by atoms with Crippen molar-refractivity contribution < 1.29 is 14.3 Å². The molecule has 2 atom stereocenters. The van der Waals surface area contributed by atoms with E-state index in [0.717, 1.165) is 41.7 Å². The number of amides is 2. The molecular formula is C27H32N4O3. The van der Waals surface area contributed by atoms with Crippen LogP contribution in [0.15, 0.2) is 54.7 Å². The van der Waals surface area contributed by atoms with Crippen LogP contribution in [0.25, 0.3) is 10.9 Å². The Morgan fingerprint density at radius 1 is 1.03 bits per heavy atom. The second kappa shape index (κ2) is 9.60. The molecule has 178 valence electrons. The van der Waals surface area contributed by atoms with Crippen LogP contribution in [-0.4, -0.2) is 84.5 Å². The Morgan fingerprint density at radius 3 is 2.53 bits per heavy atom. The summed E-state index contributed by atoms with van der Waals surface area (Å²) in [7, 11) is 1.64. The summed E-state index contributed by atoms with van der Waals surface area (Å²) >= 11 is 0. The molecule has 0 bridgehead atoms. The number of aromatic nitrogens is 1. The summed E-state index contributed by atoms with van der Waals surface area (Å²) in [6.07, 6.45) is 1.96. The van der Waals surface area contributed by atoms with Crippen molar-refractivity contribution in [3.8, 4) is 0 Å². The Morgan fingerprint density at radius 2 is 1.76 bits per heavy atom. The van der Waals surface area contributed by atoms with Gasteiger partial charge in [-0.05, 0) is 24.2 Å². The van der Waals surface area contributed by atoms with E-state index in [1.807, 2.05) is 58.5 Å². The van der Waals surface area contributed by atoms with Gasteiger partial charge in [0.2, 0.25) is 5.91 Å². The number of fused-ring (bicyclic) bond motifs is 2. The molecule has 5 rings (SSSR count). The topological polar surface area (TPSA) is 68.9 Å². The fraction of sp³-hybridized carbons (Fsp3) is 0.407. The third kappa shape index (κ3) is 3.89. The highest BCUT2D eigenvalue weighted by Gasteiger charge is 2.46. The number of nitrogens with zero attached hydrogens (tertiary/aromatic N) is 3. The molecule has 2 amide bonds. The third-order valence-corrected chi connectivity index (χ3v) is 7.31. The molecule has 3 aromatic rings. The number of piperazine rings is 1. The van der Waals surface area contributed by atoms with Gasteiger partial charge in [-0.15, -0.1) is 0 Å². The number of carbonyl (C=O) groups is 2. The van der Waals surface area contributed by atoms with Crippen LogP contribution in [0.4, 0.5) is 0 Å². The van der Waals surface area contributed by atoms with Crippen molar-refractivity contribution in [2.24, 2.45) is 0 Å². The maximum atomic E-state index is 14.2. The minimum Gasteiger partial charge on any atom is -0.383 e. The monoisotopic (exact) mass is 460 g/mol. The van der Waals surface area contributed by atoms with Crippen molar-refractivity contribution in [3.05, 3.63) is 71.4 Å². The molecule has 7 nitrogen and oxygen atoms in total. The minimum atomic E-state index is -0.474. The third-order valence-electron chi connectivity index (χ3n) is 7.31. The van der Waals surface area contributed by atoms with Crippen molar-refractivity contribution in [2.45, 2.75) is 18.9 Å². The molecule has 7 heteroatoms. The highest BCUT2D eigenvalue weighted by molar-refractivity contribution is 6.02.